The molecule has 96 valence electrons. The molecule has 0 aliphatic carbocycles. The summed E-state index contributed by atoms with van der Waals surface area (Å²) in [6.07, 6.45) is 5.61. The molecular weight excluding hydrogens is 212 g/mol. The Morgan fingerprint density at radius 3 is 2.71 bits per heavy atom. The standard InChI is InChI=1S/C14H24N2O/c1-5-6-17-13-7-12(9-16-10-13)14(3,4)8-11(2)15/h7,9-11H,5-6,8,15H2,1-4H3. The van der Waals surface area contributed by atoms with Gasteiger partial charge in [-0.2, -0.15) is 0 Å². The summed E-state index contributed by atoms with van der Waals surface area (Å²) < 4.78 is 5.60. The summed E-state index contributed by atoms with van der Waals surface area (Å²) in [5.74, 6) is 0.849. The van der Waals surface area contributed by atoms with Gasteiger partial charge in [-0.3, -0.25) is 4.98 Å². The predicted octanol–water partition coefficient (Wildman–Crippen LogP) is 2.89. The molecular formula is C14H24N2O. The first-order chi connectivity index (χ1) is 7.95. The Labute approximate surface area is 104 Å². The molecule has 0 spiro atoms. The average molecular weight is 236 g/mol. The lowest BCUT2D eigenvalue weighted by Crippen LogP contribution is -2.28. The molecule has 0 fully saturated rings. The summed E-state index contributed by atoms with van der Waals surface area (Å²) in [6, 6.07) is 2.26. The normalized spacial score (nSPS) is 13.5. The van der Waals surface area contributed by atoms with E-state index in [1.54, 1.807) is 6.20 Å². The van der Waals surface area contributed by atoms with E-state index in [1.165, 1.54) is 5.56 Å². The molecule has 0 saturated carbocycles. The van der Waals surface area contributed by atoms with Crippen LogP contribution in [0.25, 0.3) is 0 Å². The molecule has 1 aromatic heterocycles. The number of ether oxygens (including phenoxy) is 1. The summed E-state index contributed by atoms with van der Waals surface area (Å²) in [5.41, 5.74) is 7.10. The molecule has 0 saturated heterocycles. The fourth-order valence-electron chi connectivity index (χ4n) is 2.01. The third-order valence-electron chi connectivity index (χ3n) is 2.80. The Bertz CT molecular complexity index is 348. The van der Waals surface area contributed by atoms with E-state index in [0.717, 1.165) is 25.2 Å². The number of nitrogens with two attached hydrogens (primary N) is 1. The zero-order valence-electron chi connectivity index (χ0n) is 11.4. The molecule has 0 amide bonds. The van der Waals surface area contributed by atoms with E-state index in [4.69, 9.17) is 10.5 Å². The van der Waals surface area contributed by atoms with Crippen LogP contribution in [0.2, 0.25) is 0 Å². The number of aromatic nitrogens is 1. The van der Waals surface area contributed by atoms with Crippen LogP contribution in [0.15, 0.2) is 18.5 Å². The smallest absolute Gasteiger partial charge is 0.137 e. The highest BCUT2D eigenvalue weighted by Gasteiger charge is 2.22. The second-order valence-electron chi connectivity index (χ2n) is 5.32. The van der Waals surface area contributed by atoms with Gasteiger partial charge in [0.1, 0.15) is 5.75 Å². The summed E-state index contributed by atoms with van der Waals surface area (Å²) in [7, 11) is 0. The second-order valence-corrected chi connectivity index (χ2v) is 5.32. The van der Waals surface area contributed by atoms with E-state index < -0.39 is 0 Å². The molecule has 0 aliphatic heterocycles. The van der Waals surface area contributed by atoms with Gasteiger partial charge < -0.3 is 10.5 Å². The van der Waals surface area contributed by atoms with Gasteiger partial charge >= 0.3 is 0 Å². The number of hydrogen-bond acceptors (Lipinski definition) is 3. The highest BCUT2D eigenvalue weighted by atomic mass is 16.5. The van der Waals surface area contributed by atoms with E-state index >= 15 is 0 Å². The first kappa shape index (κ1) is 14.0. The molecule has 0 bridgehead atoms. The van der Waals surface area contributed by atoms with Crippen molar-refractivity contribution >= 4 is 0 Å². The lowest BCUT2D eigenvalue weighted by Gasteiger charge is -2.27. The van der Waals surface area contributed by atoms with Crippen molar-refractivity contribution in [1.29, 1.82) is 0 Å². The number of hydrogen-bond donors (Lipinski definition) is 1. The minimum Gasteiger partial charge on any atom is -0.492 e. The van der Waals surface area contributed by atoms with Crippen LogP contribution >= 0.6 is 0 Å². The maximum Gasteiger partial charge on any atom is 0.137 e. The van der Waals surface area contributed by atoms with E-state index in [0.29, 0.717) is 0 Å². The molecule has 1 rings (SSSR count). The zero-order chi connectivity index (χ0) is 12.9. The minimum atomic E-state index is 0.0345. The third kappa shape index (κ3) is 4.35. The van der Waals surface area contributed by atoms with Gasteiger partial charge in [0, 0.05) is 12.2 Å². The number of nitrogens with zero attached hydrogens (tertiary/aromatic N) is 1. The quantitative estimate of drug-likeness (QED) is 0.826. The number of pyridine rings is 1. The molecule has 3 heteroatoms. The highest BCUT2D eigenvalue weighted by molar-refractivity contribution is 5.29. The van der Waals surface area contributed by atoms with E-state index in [2.05, 4.69) is 31.8 Å². The first-order valence-electron chi connectivity index (χ1n) is 6.29. The van der Waals surface area contributed by atoms with E-state index in [1.807, 2.05) is 13.1 Å². The monoisotopic (exact) mass is 236 g/mol. The third-order valence-corrected chi connectivity index (χ3v) is 2.80. The van der Waals surface area contributed by atoms with Crippen LogP contribution in [0.1, 0.15) is 46.1 Å². The maximum absolute atomic E-state index is 5.88. The highest BCUT2D eigenvalue weighted by Crippen LogP contribution is 2.29. The molecule has 17 heavy (non-hydrogen) atoms. The van der Waals surface area contributed by atoms with Crippen molar-refractivity contribution in [2.45, 2.75) is 52.0 Å². The predicted molar refractivity (Wildman–Crippen MR) is 71.3 cm³/mol. The van der Waals surface area contributed by atoms with Crippen LogP contribution in [0.5, 0.6) is 5.75 Å². The Balaban J connectivity index is 2.82. The van der Waals surface area contributed by atoms with Crippen molar-refractivity contribution < 1.29 is 4.74 Å². The van der Waals surface area contributed by atoms with E-state index in [-0.39, 0.29) is 11.5 Å². The van der Waals surface area contributed by atoms with Crippen molar-refractivity contribution in [3.05, 3.63) is 24.0 Å². The molecule has 0 aromatic carbocycles. The Morgan fingerprint density at radius 2 is 2.12 bits per heavy atom. The largest absolute Gasteiger partial charge is 0.492 e. The van der Waals surface area contributed by atoms with Crippen molar-refractivity contribution in [2.75, 3.05) is 6.61 Å². The molecule has 1 atom stereocenters. The lowest BCUT2D eigenvalue weighted by molar-refractivity contribution is 0.314. The van der Waals surface area contributed by atoms with Gasteiger partial charge in [-0.15, -0.1) is 0 Å². The van der Waals surface area contributed by atoms with Crippen molar-refractivity contribution in [2.24, 2.45) is 5.73 Å². The molecule has 3 nitrogen and oxygen atoms in total. The Kier molecular flexibility index (Phi) is 4.94. The SMILES string of the molecule is CCCOc1cncc(C(C)(C)CC(C)N)c1. The van der Waals surface area contributed by atoms with Crippen LogP contribution in [0.4, 0.5) is 0 Å². The average Bonchev–Trinajstić information content (AvgIpc) is 2.25. The fourth-order valence-corrected chi connectivity index (χ4v) is 2.01. The molecule has 1 heterocycles. The molecule has 0 radical (unpaired) electrons. The summed E-state index contributed by atoms with van der Waals surface area (Å²) in [4.78, 5) is 4.25. The van der Waals surface area contributed by atoms with Gasteiger partial charge in [0.25, 0.3) is 0 Å². The van der Waals surface area contributed by atoms with Gasteiger partial charge in [-0.05, 0) is 36.8 Å². The van der Waals surface area contributed by atoms with Crippen LogP contribution in [0.3, 0.4) is 0 Å². The molecule has 1 unspecified atom stereocenters. The Morgan fingerprint density at radius 1 is 1.41 bits per heavy atom. The van der Waals surface area contributed by atoms with Gasteiger partial charge in [0.05, 0.1) is 12.8 Å². The van der Waals surface area contributed by atoms with Crippen LogP contribution < -0.4 is 10.5 Å². The van der Waals surface area contributed by atoms with Crippen LogP contribution in [-0.2, 0) is 5.41 Å². The van der Waals surface area contributed by atoms with Crippen LogP contribution in [0, 0.1) is 0 Å². The van der Waals surface area contributed by atoms with Gasteiger partial charge in [-0.25, -0.2) is 0 Å². The summed E-state index contributed by atoms with van der Waals surface area (Å²) in [5, 5.41) is 0. The summed E-state index contributed by atoms with van der Waals surface area (Å²) in [6.45, 7) is 9.25. The second kappa shape index (κ2) is 6.01. The summed E-state index contributed by atoms with van der Waals surface area (Å²) >= 11 is 0. The van der Waals surface area contributed by atoms with Crippen molar-refractivity contribution in [1.82, 2.24) is 4.98 Å². The Hall–Kier alpha value is -1.09. The molecule has 1 aromatic rings. The minimum absolute atomic E-state index is 0.0345. The van der Waals surface area contributed by atoms with Crippen molar-refractivity contribution in [3.63, 3.8) is 0 Å². The first-order valence-corrected chi connectivity index (χ1v) is 6.29. The van der Waals surface area contributed by atoms with Gasteiger partial charge in [0.15, 0.2) is 0 Å². The van der Waals surface area contributed by atoms with E-state index in [9.17, 15) is 0 Å². The van der Waals surface area contributed by atoms with Crippen LogP contribution in [-0.4, -0.2) is 17.6 Å². The fraction of sp³-hybridized carbons (Fsp3) is 0.643. The maximum atomic E-state index is 5.88. The van der Waals surface area contributed by atoms with Gasteiger partial charge in [0.2, 0.25) is 0 Å². The van der Waals surface area contributed by atoms with Crippen molar-refractivity contribution in [3.8, 4) is 5.75 Å². The van der Waals surface area contributed by atoms with Gasteiger partial charge in [-0.1, -0.05) is 20.8 Å². The zero-order valence-corrected chi connectivity index (χ0v) is 11.4. The molecule has 2 N–H and O–H groups in total. The molecule has 0 aliphatic rings. The lowest BCUT2D eigenvalue weighted by atomic mass is 9.80. The topological polar surface area (TPSA) is 48.1 Å². The number of rotatable bonds is 6.